The van der Waals surface area contributed by atoms with Crippen molar-refractivity contribution in [3.05, 3.63) is 82.4 Å². The number of methoxy groups -OCH3 is 1. The van der Waals surface area contributed by atoms with E-state index in [9.17, 15) is 9.59 Å². The van der Waals surface area contributed by atoms with Crippen LogP contribution >= 0.6 is 23.2 Å². The molecule has 1 amide bonds. The predicted molar refractivity (Wildman–Crippen MR) is 125 cm³/mol. The molecule has 168 valence electrons. The van der Waals surface area contributed by atoms with E-state index in [2.05, 4.69) is 15.6 Å². The standard InChI is InChI=1S/C23H24Cl2N4O3/c1-15(27-17-8-9-19(24)20(25)10-17)22(30)28-21(23(31)32-2)11-18-13-29(14-26-18)12-16-6-4-3-5-7-16/h3-10,13-15,21,27H,11-12H2,1-2H3,(H,28,30)/t15-,21-/m0/s1. The Hall–Kier alpha value is -3.03. The average molecular weight is 475 g/mol. The molecule has 1 aromatic heterocycles. The fraction of sp³-hybridized carbons (Fsp3) is 0.261. The zero-order valence-electron chi connectivity index (χ0n) is 17.7. The molecule has 0 aliphatic heterocycles. The number of halogens is 2. The van der Waals surface area contributed by atoms with Crippen LogP contribution in [0.1, 0.15) is 18.2 Å². The van der Waals surface area contributed by atoms with Crippen molar-refractivity contribution in [2.45, 2.75) is 32.0 Å². The molecule has 0 aliphatic rings. The molecule has 3 aromatic rings. The van der Waals surface area contributed by atoms with Gasteiger partial charge in [0.2, 0.25) is 5.91 Å². The summed E-state index contributed by atoms with van der Waals surface area (Å²) in [6.45, 7) is 2.34. The number of amides is 1. The van der Waals surface area contributed by atoms with Gasteiger partial charge in [-0.3, -0.25) is 4.79 Å². The first-order valence-corrected chi connectivity index (χ1v) is 10.8. The number of rotatable bonds is 9. The normalized spacial score (nSPS) is 12.6. The lowest BCUT2D eigenvalue weighted by Gasteiger charge is -2.20. The van der Waals surface area contributed by atoms with Crippen LogP contribution in [-0.2, 0) is 27.3 Å². The third-order valence-electron chi connectivity index (χ3n) is 4.81. The van der Waals surface area contributed by atoms with Crippen LogP contribution in [0.25, 0.3) is 0 Å². The van der Waals surface area contributed by atoms with Gasteiger partial charge in [-0.15, -0.1) is 0 Å². The van der Waals surface area contributed by atoms with Gasteiger partial charge in [0, 0.05) is 24.8 Å². The number of carbonyl (C=O) groups is 2. The maximum absolute atomic E-state index is 12.7. The molecule has 0 saturated carbocycles. The molecule has 0 bridgehead atoms. The van der Waals surface area contributed by atoms with Crippen molar-refractivity contribution in [1.29, 1.82) is 0 Å². The van der Waals surface area contributed by atoms with Gasteiger partial charge in [-0.1, -0.05) is 53.5 Å². The Morgan fingerprint density at radius 1 is 1.12 bits per heavy atom. The minimum Gasteiger partial charge on any atom is -0.467 e. The molecule has 1 heterocycles. The van der Waals surface area contributed by atoms with Crippen molar-refractivity contribution in [3.63, 3.8) is 0 Å². The van der Waals surface area contributed by atoms with Crippen LogP contribution < -0.4 is 10.6 Å². The van der Waals surface area contributed by atoms with Crippen LogP contribution in [0.3, 0.4) is 0 Å². The lowest BCUT2D eigenvalue weighted by atomic mass is 10.1. The minimum atomic E-state index is -0.870. The number of carbonyl (C=O) groups excluding carboxylic acids is 2. The Balaban J connectivity index is 1.63. The highest BCUT2D eigenvalue weighted by molar-refractivity contribution is 6.42. The van der Waals surface area contributed by atoms with Crippen molar-refractivity contribution in [2.24, 2.45) is 0 Å². The van der Waals surface area contributed by atoms with E-state index in [1.54, 1.807) is 31.5 Å². The van der Waals surface area contributed by atoms with E-state index in [0.29, 0.717) is 28.0 Å². The molecule has 0 aliphatic carbocycles. The number of hydrogen-bond donors (Lipinski definition) is 2. The van der Waals surface area contributed by atoms with E-state index < -0.39 is 18.1 Å². The summed E-state index contributed by atoms with van der Waals surface area (Å²) in [5.41, 5.74) is 2.44. The third kappa shape index (κ3) is 6.48. The Labute approximate surface area is 196 Å². The van der Waals surface area contributed by atoms with Gasteiger partial charge in [-0.2, -0.15) is 0 Å². The summed E-state index contributed by atoms with van der Waals surface area (Å²) in [7, 11) is 1.28. The summed E-state index contributed by atoms with van der Waals surface area (Å²) in [6, 6.07) is 13.5. The monoisotopic (exact) mass is 474 g/mol. The summed E-state index contributed by atoms with van der Waals surface area (Å²) >= 11 is 11.9. The van der Waals surface area contributed by atoms with Gasteiger partial charge in [-0.25, -0.2) is 9.78 Å². The smallest absolute Gasteiger partial charge is 0.328 e. The first kappa shape index (κ1) is 23.6. The molecule has 0 unspecified atom stereocenters. The zero-order chi connectivity index (χ0) is 23.1. The number of nitrogens with zero attached hydrogens (tertiary/aromatic N) is 2. The number of benzene rings is 2. The van der Waals surface area contributed by atoms with Crippen molar-refractivity contribution in [3.8, 4) is 0 Å². The first-order valence-electron chi connectivity index (χ1n) is 10.00. The van der Waals surface area contributed by atoms with Crippen LogP contribution in [0.15, 0.2) is 61.1 Å². The van der Waals surface area contributed by atoms with Crippen LogP contribution in [0.2, 0.25) is 10.0 Å². The number of esters is 1. The quantitative estimate of drug-likeness (QED) is 0.458. The minimum absolute atomic E-state index is 0.208. The van der Waals surface area contributed by atoms with E-state index in [1.807, 2.05) is 41.1 Å². The summed E-state index contributed by atoms with van der Waals surface area (Å²) in [6.07, 6.45) is 3.76. The summed E-state index contributed by atoms with van der Waals surface area (Å²) in [5, 5.41) is 6.58. The molecule has 7 nitrogen and oxygen atoms in total. The number of aromatic nitrogens is 2. The topological polar surface area (TPSA) is 85.2 Å². The fourth-order valence-corrected chi connectivity index (χ4v) is 3.43. The van der Waals surface area contributed by atoms with Crippen molar-refractivity contribution in [2.75, 3.05) is 12.4 Å². The second-order valence-corrected chi connectivity index (χ2v) is 8.12. The number of anilines is 1. The molecule has 0 saturated heterocycles. The van der Waals surface area contributed by atoms with E-state index in [0.717, 1.165) is 5.56 Å². The van der Waals surface area contributed by atoms with E-state index >= 15 is 0 Å². The summed E-state index contributed by atoms with van der Waals surface area (Å²) in [4.78, 5) is 29.4. The lowest BCUT2D eigenvalue weighted by Crippen LogP contribution is -2.48. The van der Waals surface area contributed by atoms with Crippen LogP contribution in [0, 0.1) is 0 Å². The summed E-state index contributed by atoms with van der Waals surface area (Å²) in [5.74, 6) is -0.909. The molecule has 0 spiro atoms. The molecule has 2 atom stereocenters. The van der Waals surface area contributed by atoms with E-state index in [4.69, 9.17) is 27.9 Å². The summed E-state index contributed by atoms with van der Waals surface area (Å²) < 4.78 is 6.80. The predicted octanol–water partition coefficient (Wildman–Crippen LogP) is 3.94. The lowest BCUT2D eigenvalue weighted by molar-refractivity contribution is -0.145. The molecule has 32 heavy (non-hydrogen) atoms. The second-order valence-electron chi connectivity index (χ2n) is 7.31. The third-order valence-corrected chi connectivity index (χ3v) is 5.55. The van der Waals surface area contributed by atoms with Gasteiger partial charge in [-0.05, 0) is 30.7 Å². The highest BCUT2D eigenvalue weighted by Crippen LogP contribution is 2.25. The number of hydrogen-bond acceptors (Lipinski definition) is 5. The first-order chi connectivity index (χ1) is 15.4. The molecule has 9 heteroatoms. The zero-order valence-corrected chi connectivity index (χ0v) is 19.2. The average Bonchev–Trinajstić information content (AvgIpc) is 3.22. The Morgan fingerprint density at radius 3 is 2.56 bits per heavy atom. The Bertz CT molecular complexity index is 1070. The second kappa shape index (κ2) is 11.0. The Kier molecular flexibility index (Phi) is 8.14. The SMILES string of the molecule is COC(=O)[C@H](Cc1cn(Cc2ccccc2)cn1)NC(=O)[C@H](C)Nc1ccc(Cl)c(Cl)c1. The molecular formula is C23H24Cl2N4O3. The molecule has 2 aromatic carbocycles. The highest BCUT2D eigenvalue weighted by Gasteiger charge is 2.25. The van der Waals surface area contributed by atoms with Gasteiger partial charge in [0.1, 0.15) is 12.1 Å². The molecule has 0 radical (unpaired) electrons. The van der Waals surface area contributed by atoms with Gasteiger partial charge in [0.25, 0.3) is 0 Å². The van der Waals surface area contributed by atoms with Gasteiger partial charge >= 0.3 is 5.97 Å². The number of imidazole rings is 1. The largest absolute Gasteiger partial charge is 0.467 e. The molecule has 3 rings (SSSR count). The van der Waals surface area contributed by atoms with Gasteiger partial charge < -0.3 is 19.9 Å². The maximum atomic E-state index is 12.7. The van der Waals surface area contributed by atoms with Gasteiger partial charge in [0.15, 0.2) is 0 Å². The van der Waals surface area contributed by atoms with E-state index in [-0.39, 0.29) is 12.3 Å². The maximum Gasteiger partial charge on any atom is 0.328 e. The van der Waals surface area contributed by atoms with Crippen LogP contribution in [-0.4, -0.2) is 40.6 Å². The highest BCUT2D eigenvalue weighted by atomic mass is 35.5. The molecule has 0 fully saturated rings. The molecular weight excluding hydrogens is 451 g/mol. The van der Waals surface area contributed by atoms with Crippen molar-refractivity contribution >= 4 is 40.8 Å². The Morgan fingerprint density at radius 2 is 1.88 bits per heavy atom. The molecule has 2 N–H and O–H groups in total. The van der Waals surface area contributed by atoms with Crippen molar-refractivity contribution in [1.82, 2.24) is 14.9 Å². The number of ether oxygens (including phenoxy) is 1. The fourth-order valence-electron chi connectivity index (χ4n) is 3.14. The number of nitrogens with one attached hydrogen (secondary N) is 2. The van der Waals surface area contributed by atoms with Gasteiger partial charge in [0.05, 0.1) is 29.2 Å². The van der Waals surface area contributed by atoms with Crippen LogP contribution in [0.5, 0.6) is 0 Å². The van der Waals surface area contributed by atoms with Crippen molar-refractivity contribution < 1.29 is 14.3 Å². The van der Waals surface area contributed by atoms with Crippen LogP contribution in [0.4, 0.5) is 5.69 Å². The van der Waals surface area contributed by atoms with E-state index in [1.165, 1.54) is 7.11 Å².